The van der Waals surface area contributed by atoms with E-state index >= 15 is 0 Å². The standard InChI is InChI=1S/C46H46N2O6/c1-44(2,3)32-28-30(18-20-36(32)53-38-16-10-8-14-34(38)47-40(49)22-23-41(47)50)46(26-12-7-13-27-46)31-19-21-37(33(29-31)45(4,5)6)54-39-17-11-9-15-35(39)48-42(51)24-25-43(48)52/h8-11,14-25,28-29H,7,12-13,26-27H2,1-6H3. The van der Waals surface area contributed by atoms with Crippen LogP contribution in [0.25, 0.3) is 0 Å². The van der Waals surface area contributed by atoms with Crippen LogP contribution >= 0.6 is 0 Å². The summed E-state index contributed by atoms with van der Waals surface area (Å²) < 4.78 is 13.2. The van der Waals surface area contributed by atoms with Crippen LogP contribution in [-0.2, 0) is 35.4 Å². The van der Waals surface area contributed by atoms with E-state index in [1.807, 2.05) is 24.3 Å². The van der Waals surface area contributed by atoms with E-state index in [2.05, 4.69) is 65.8 Å². The molecule has 54 heavy (non-hydrogen) atoms. The van der Waals surface area contributed by atoms with Gasteiger partial charge < -0.3 is 9.47 Å². The number of carbonyl (C=O) groups is 4. The van der Waals surface area contributed by atoms with Crippen LogP contribution in [0.3, 0.4) is 0 Å². The third-order valence-electron chi connectivity index (χ3n) is 10.7. The molecule has 8 nitrogen and oxygen atoms in total. The van der Waals surface area contributed by atoms with Gasteiger partial charge >= 0.3 is 0 Å². The quantitative estimate of drug-likeness (QED) is 0.168. The van der Waals surface area contributed by atoms with Crippen molar-refractivity contribution < 1.29 is 28.7 Å². The molecule has 4 aromatic rings. The molecule has 0 aromatic heterocycles. The zero-order valence-corrected chi connectivity index (χ0v) is 31.8. The van der Waals surface area contributed by atoms with E-state index in [-0.39, 0.29) is 16.2 Å². The molecule has 0 saturated heterocycles. The van der Waals surface area contributed by atoms with E-state index in [0.717, 1.165) is 46.6 Å². The maximum Gasteiger partial charge on any atom is 0.258 e. The van der Waals surface area contributed by atoms with Gasteiger partial charge in [0.2, 0.25) is 0 Å². The van der Waals surface area contributed by atoms with Crippen molar-refractivity contribution >= 4 is 35.0 Å². The summed E-state index contributed by atoms with van der Waals surface area (Å²) in [6, 6.07) is 27.2. The molecule has 0 bridgehead atoms. The van der Waals surface area contributed by atoms with Gasteiger partial charge in [-0.2, -0.15) is 0 Å². The highest BCUT2D eigenvalue weighted by Gasteiger charge is 2.39. The minimum absolute atomic E-state index is 0.273. The van der Waals surface area contributed by atoms with Gasteiger partial charge in [0.05, 0.1) is 11.4 Å². The third-order valence-corrected chi connectivity index (χ3v) is 10.7. The number of carbonyl (C=O) groups excluding carboxylic acids is 4. The van der Waals surface area contributed by atoms with Crippen molar-refractivity contribution in [3.63, 3.8) is 0 Å². The van der Waals surface area contributed by atoms with Gasteiger partial charge in [-0.05, 0) is 71.2 Å². The van der Waals surface area contributed by atoms with Crippen molar-refractivity contribution in [2.75, 3.05) is 9.80 Å². The van der Waals surface area contributed by atoms with Gasteiger partial charge in [0.1, 0.15) is 11.5 Å². The zero-order valence-electron chi connectivity index (χ0n) is 31.8. The molecule has 1 fully saturated rings. The van der Waals surface area contributed by atoms with Gasteiger partial charge in [0.15, 0.2) is 11.5 Å². The van der Waals surface area contributed by atoms with E-state index in [4.69, 9.17) is 9.47 Å². The summed E-state index contributed by atoms with van der Waals surface area (Å²) >= 11 is 0. The number of hydrogen-bond donors (Lipinski definition) is 0. The molecule has 1 saturated carbocycles. The molecular weight excluding hydrogens is 677 g/mol. The number of ether oxygens (including phenoxy) is 2. The molecule has 0 radical (unpaired) electrons. The number of rotatable bonds is 8. The molecule has 2 heterocycles. The smallest absolute Gasteiger partial charge is 0.258 e. The number of nitrogens with zero attached hydrogens (tertiary/aromatic N) is 2. The molecule has 0 spiro atoms. The van der Waals surface area contributed by atoms with Crippen molar-refractivity contribution in [3.05, 3.63) is 131 Å². The normalized spacial score (nSPS) is 17.1. The Kier molecular flexibility index (Phi) is 9.42. The highest BCUT2D eigenvalue weighted by Crippen LogP contribution is 2.50. The van der Waals surface area contributed by atoms with E-state index in [9.17, 15) is 19.2 Å². The Balaban J connectivity index is 1.29. The van der Waals surface area contributed by atoms with E-state index in [1.165, 1.54) is 41.9 Å². The van der Waals surface area contributed by atoms with Crippen molar-refractivity contribution in [1.82, 2.24) is 0 Å². The summed E-state index contributed by atoms with van der Waals surface area (Å²) in [6.07, 6.45) is 10.4. The Labute approximate surface area is 317 Å². The molecule has 2 aliphatic heterocycles. The Morgan fingerprint density at radius 1 is 0.481 bits per heavy atom. The van der Waals surface area contributed by atoms with Crippen molar-refractivity contribution in [2.45, 2.75) is 89.9 Å². The number of amides is 4. The van der Waals surface area contributed by atoms with Crippen LogP contribution in [0.4, 0.5) is 11.4 Å². The molecule has 1 aliphatic carbocycles. The summed E-state index contributed by atoms with van der Waals surface area (Å²) in [6.45, 7) is 13.0. The van der Waals surface area contributed by atoms with Crippen molar-refractivity contribution in [2.24, 2.45) is 0 Å². The maximum atomic E-state index is 12.6. The second-order valence-electron chi connectivity index (χ2n) is 16.4. The fourth-order valence-corrected chi connectivity index (χ4v) is 7.87. The molecule has 0 atom stereocenters. The molecular formula is C46H46N2O6. The van der Waals surface area contributed by atoms with E-state index < -0.39 is 23.6 Å². The Bertz CT molecular complexity index is 2040. The first-order valence-electron chi connectivity index (χ1n) is 18.6. The number of anilines is 2. The van der Waals surface area contributed by atoms with Crippen LogP contribution in [0, 0.1) is 0 Å². The summed E-state index contributed by atoms with van der Waals surface area (Å²) in [5.41, 5.74) is 4.39. The first kappa shape index (κ1) is 36.6. The topological polar surface area (TPSA) is 93.2 Å². The second kappa shape index (κ2) is 13.9. The predicted molar refractivity (Wildman–Crippen MR) is 210 cm³/mol. The molecule has 276 valence electrons. The van der Waals surface area contributed by atoms with Gasteiger partial charge in [0, 0.05) is 40.8 Å². The first-order chi connectivity index (χ1) is 25.7. The number of hydrogen-bond acceptors (Lipinski definition) is 6. The largest absolute Gasteiger partial charge is 0.455 e. The average molecular weight is 723 g/mol. The molecule has 4 amide bonds. The van der Waals surface area contributed by atoms with Crippen LogP contribution in [0.2, 0.25) is 0 Å². The first-order valence-corrected chi connectivity index (χ1v) is 18.6. The fourth-order valence-electron chi connectivity index (χ4n) is 7.87. The van der Waals surface area contributed by atoms with E-state index in [1.54, 1.807) is 36.4 Å². The van der Waals surface area contributed by atoms with Crippen LogP contribution in [0.15, 0.2) is 109 Å². The van der Waals surface area contributed by atoms with Gasteiger partial charge in [-0.25, -0.2) is 9.80 Å². The van der Waals surface area contributed by atoms with Crippen molar-refractivity contribution in [3.8, 4) is 23.0 Å². The average Bonchev–Trinajstić information content (AvgIpc) is 3.66. The van der Waals surface area contributed by atoms with Crippen LogP contribution in [0.5, 0.6) is 23.0 Å². The zero-order chi connectivity index (χ0) is 38.4. The Hall–Kier alpha value is -5.76. The van der Waals surface area contributed by atoms with Gasteiger partial charge in [-0.1, -0.05) is 109 Å². The maximum absolute atomic E-state index is 12.6. The lowest BCUT2D eigenvalue weighted by molar-refractivity contribution is -0.121. The van der Waals surface area contributed by atoms with Crippen LogP contribution < -0.4 is 19.3 Å². The number of para-hydroxylation sites is 4. The summed E-state index contributed by atoms with van der Waals surface area (Å²) in [5.74, 6) is 0.596. The van der Waals surface area contributed by atoms with E-state index in [0.29, 0.717) is 34.4 Å². The van der Waals surface area contributed by atoms with Crippen LogP contribution in [0.1, 0.15) is 95.9 Å². The lowest BCUT2D eigenvalue weighted by Gasteiger charge is -2.40. The lowest BCUT2D eigenvalue weighted by Crippen LogP contribution is -2.32. The predicted octanol–water partition coefficient (Wildman–Crippen LogP) is 9.98. The Morgan fingerprint density at radius 2 is 0.852 bits per heavy atom. The fraction of sp³-hybridized carbons (Fsp3) is 0.304. The van der Waals surface area contributed by atoms with Crippen LogP contribution in [-0.4, -0.2) is 23.6 Å². The van der Waals surface area contributed by atoms with Gasteiger partial charge in [-0.3, -0.25) is 19.2 Å². The molecule has 0 unspecified atom stereocenters. The number of benzene rings is 4. The monoisotopic (exact) mass is 722 g/mol. The highest BCUT2D eigenvalue weighted by atomic mass is 16.5. The molecule has 0 N–H and O–H groups in total. The summed E-state index contributed by atoms with van der Waals surface area (Å²) in [5, 5.41) is 0. The molecule has 3 aliphatic rings. The molecule has 7 rings (SSSR count). The molecule has 8 heteroatoms. The van der Waals surface area contributed by atoms with Gasteiger partial charge in [0.25, 0.3) is 23.6 Å². The number of imide groups is 2. The summed E-state index contributed by atoms with van der Waals surface area (Å²) in [7, 11) is 0. The summed E-state index contributed by atoms with van der Waals surface area (Å²) in [4.78, 5) is 52.8. The highest BCUT2D eigenvalue weighted by molar-refractivity contribution is 6.29. The van der Waals surface area contributed by atoms with Crippen molar-refractivity contribution in [1.29, 1.82) is 0 Å². The molecule has 4 aromatic carbocycles. The Morgan fingerprint density at radius 3 is 1.22 bits per heavy atom. The minimum Gasteiger partial charge on any atom is -0.455 e. The second-order valence-corrected chi connectivity index (χ2v) is 16.4. The SMILES string of the molecule is CC(C)(C)c1cc(C2(c3ccc(Oc4ccccc4N4C(=O)C=CC4=O)c(C(C)(C)C)c3)CCCCC2)ccc1Oc1ccccc1N1C(=O)C=CC1=O. The van der Waals surface area contributed by atoms with Gasteiger partial charge in [-0.15, -0.1) is 0 Å². The lowest BCUT2D eigenvalue weighted by atomic mass is 9.64. The third kappa shape index (κ3) is 6.77. The minimum atomic E-state index is -0.397.